The topological polar surface area (TPSA) is 38.9 Å². The molecule has 74 valence electrons. The van der Waals surface area contributed by atoms with Crippen LogP contribution in [-0.4, -0.2) is 29.4 Å². The Morgan fingerprint density at radius 3 is 3.00 bits per heavy atom. The summed E-state index contributed by atoms with van der Waals surface area (Å²) in [7, 11) is 3.35. The molecule has 0 unspecified atom stereocenters. The molecule has 0 atom stereocenters. The van der Waals surface area contributed by atoms with Gasteiger partial charge in [-0.25, -0.2) is 4.98 Å². The van der Waals surface area contributed by atoms with Crippen LogP contribution >= 0.6 is 11.3 Å². The Morgan fingerprint density at radius 1 is 1.64 bits per heavy atom. The summed E-state index contributed by atoms with van der Waals surface area (Å²) < 4.78 is 7.22. The zero-order valence-corrected chi connectivity index (χ0v) is 9.13. The fourth-order valence-electron chi connectivity index (χ4n) is 1.38. The summed E-state index contributed by atoms with van der Waals surface area (Å²) in [5.41, 5.74) is 1.12. The van der Waals surface area contributed by atoms with Gasteiger partial charge in [0.05, 0.1) is 7.11 Å². The summed E-state index contributed by atoms with van der Waals surface area (Å²) in [6.07, 6.45) is 3.73. The van der Waals surface area contributed by atoms with Crippen molar-refractivity contribution in [2.24, 2.45) is 4.99 Å². The highest BCUT2D eigenvalue weighted by Crippen LogP contribution is 2.22. The van der Waals surface area contributed by atoms with Crippen LogP contribution < -0.4 is 0 Å². The first-order valence-electron chi connectivity index (χ1n) is 4.21. The van der Waals surface area contributed by atoms with Gasteiger partial charge in [-0.15, -0.1) is 0 Å². The lowest BCUT2D eigenvalue weighted by Crippen LogP contribution is -2.03. The highest BCUT2D eigenvalue weighted by Gasteiger charge is 2.13. The van der Waals surface area contributed by atoms with E-state index in [1.54, 1.807) is 31.7 Å². The average molecular weight is 209 g/mol. The predicted molar refractivity (Wildman–Crippen MR) is 57.3 cm³/mol. The summed E-state index contributed by atoms with van der Waals surface area (Å²) in [4.78, 5) is 10.3. The van der Waals surface area contributed by atoms with Crippen molar-refractivity contribution in [1.82, 2.24) is 9.38 Å². The van der Waals surface area contributed by atoms with E-state index in [0.717, 1.165) is 15.5 Å². The fraction of sp³-hybridized carbons (Fsp3) is 0.333. The lowest BCUT2D eigenvalue weighted by molar-refractivity contribution is 0.404. The van der Waals surface area contributed by atoms with Crippen molar-refractivity contribution in [3.05, 3.63) is 23.0 Å². The number of thiazole rings is 1. The standard InChI is InChI=1S/C9H11N3OS/c1-6-7(8(10-2)13-3)14-9-11-4-5-12(6)9/h4-5H,1-3H3. The van der Waals surface area contributed by atoms with Crippen LogP contribution in [0.2, 0.25) is 0 Å². The normalized spacial score (nSPS) is 12.4. The molecule has 0 amide bonds. The maximum Gasteiger partial charge on any atom is 0.227 e. The van der Waals surface area contributed by atoms with Gasteiger partial charge in [-0.05, 0) is 6.92 Å². The molecule has 4 nitrogen and oxygen atoms in total. The third-order valence-electron chi connectivity index (χ3n) is 2.08. The van der Waals surface area contributed by atoms with Gasteiger partial charge in [-0.3, -0.25) is 9.39 Å². The first-order chi connectivity index (χ1) is 6.77. The second kappa shape index (κ2) is 3.42. The molecule has 0 bridgehead atoms. The Balaban J connectivity index is 2.63. The van der Waals surface area contributed by atoms with Gasteiger partial charge < -0.3 is 4.74 Å². The van der Waals surface area contributed by atoms with Crippen molar-refractivity contribution in [2.45, 2.75) is 6.92 Å². The van der Waals surface area contributed by atoms with Gasteiger partial charge in [0.25, 0.3) is 0 Å². The smallest absolute Gasteiger partial charge is 0.227 e. The molecule has 0 aromatic carbocycles. The molecular formula is C9H11N3OS. The molecule has 0 aliphatic carbocycles. The second-order valence-corrected chi connectivity index (χ2v) is 3.81. The molecule has 0 N–H and O–H groups in total. The zero-order valence-electron chi connectivity index (χ0n) is 8.31. The van der Waals surface area contributed by atoms with Gasteiger partial charge in [-0.1, -0.05) is 11.3 Å². The van der Waals surface area contributed by atoms with Crippen molar-refractivity contribution >= 4 is 22.2 Å². The number of aryl methyl sites for hydroxylation is 1. The van der Waals surface area contributed by atoms with E-state index in [2.05, 4.69) is 9.98 Å². The molecule has 0 radical (unpaired) electrons. The molecule has 2 aromatic rings. The highest BCUT2D eigenvalue weighted by atomic mass is 32.1. The van der Waals surface area contributed by atoms with E-state index in [1.165, 1.54) is 0 Å². The van der Waals surface area contributed by atoms with Gasteiger partial charge in [0.2, 0.25) is 5.90 Å². The molecule has 0 saturated carbocycles. The van der Waals surface area contributed by atoms with Gasteiger partial charge >= 0.3 is 0 Å². The van der Waals surface area contributed by atoms with Crippen LogP contribution in [0.3, 0.4) is 0 Å². The first kappa shape index (κ1) is 9.21. The van der Waals surface area contributed by atoms with Crippen molar-refractivity contribution in [3.63, 3.8) is 0 Å². The lowest BCUT2D eigenvalue weighted by atomic mass is 10.4. The van der Waals surface area contributed by atoms with E-state index in [9.17, 15) is 0 Å². The minimum absolute atomic E-state index is 0.665. The van der Waals surface area contributed by atoms with Gasteiger partial charge in [0.1, 0.15) is 4.88 Å². The van der Waals surface area contributed by atoms with Crippen LogP contribution in [0, 0.1) is 6.92 Å². The summed E-state index contributed by atoms with van der Waals surface area (Å²) in [5, 5.41) is 0. The number of hydrogen-bond donors (Lipinski definition) is 0. The number of rotatable bonds is 1. The molecule has 0 aliphatic heterocycles. The fourth-order valence-corrected chi connectivity index (χ4v) is 2.48. The van der Waals surface area contributed by atoms with Crippen molar-refractivity contribution in [2.75, 3.05) is 14.2 Å². The molecular weight excluding hydrogens is 198 g/mol. The Morgan fingerprint density at radius 2 is 2.43 bits per heavy atom. The van der Waals surface area contributed by atoms with E-state index < -0.39 is 0 Å². The highest BCUT2D eigenvalue weighted by molar-refractivity contribution is 7.19. The minimum Gasteiger partial charge on any atom is -0.480 e. The monoisotopic (exact) mass is 209 g/mol. The molecule has 2 rings (SSSR count). The van der Waals surface area contributed by atoms with E-state index in [-0.39, 0.29) is 0 Å². The molecule has 2 heterocycles. The molecule has 5 heteroatoms. The Bertz CT molecular complexity index is 483. The van der Waals surface area contributed by atoms with Crippen molar-refractivity contribution in [1.29, 1.82) is 0 Å². The van der Waals surface area contributed by atoms with Crippen molar-refractivity contribution in [3.8, 4) is 0 Å². The van der Waals surface area contributed by atoms with Crippen LogP contribution in [-0.2, 0) is 4.74 Å². The molecule has 2 aromatic heterocycles. The summed E-state index contributed by atoms with van der Waals surface area (Å²) in [5.74, 6) is 0.665. The Labute approximate surface area is 85.9 Å². The largest absolute Gasteiger partial charge is 0.480 e. The Kier molecular flexibility index (Phi) is 2.25. The minimum atomic E-state index is 0.665. The number of nitrogens with zero attached hydrogens (tertiary/aromatic N) is 3. The number of ether oxygens (including phenoxy) is 1. The van der Waals surface area contributed by atoms with Gasteiger partial charge in [0, 0.05) is 25.1 Å². The number of imidazole rings is 1. The maximum absolute atomic E-state index is 5.18. The van der Waals surface area contributed by atoms with E-state index in [0.29, 0.717) is 5.90 Å². The van der Waals surface area contributed by atoms with Gasteiger partial charge in [-0.2, -0.15) is 0 Å². The van der Waals surface area contributed by atoms with E-state index in [1.807, 2.05) is 17.5 Å². The number of methoxy groups -OCH3 is 1. The summed E-state index contributed by atoms with van der Waals surface area (Å²) >= 11 is 1.58. The average Bonchev–Trinajstić information content (AvgIpc) is 2.74. The van der Waals surface area contributed by atoms with Crippen LogP contribution in [0.1, 0.15) is 10.6 Å². The third-order valence-corrected chi connectivity index (χ3v) is 3.24. The van der Waals surface area contributed by atoms with Crippen LogP contribution in [0.4, 0.5) is 0 Å². The summed E-state index contributed by atoms with van der Waals surface area (Å²) in [6, 6.07) is 0. The van der Waals surface area contributed by atoms with Crippen LogP contribution in [0.15, 0.2) is 17.4 Å². The number of aromatic nitrogens is 2. The first-order valence-corrected chi connectivity index (χ1v) is 5.03. The quantitative estimate of drug-likeness (QED) is 0.530. The molecule has 0 spiro atoms. The SMILES string of the molecule is CN=C(OC)c1sc2nccn2c1C. The maximum atomic E-state index is 5.18. The van der Waals surface area contributed by atoms with E-state index >= 15 is 0 Å². The number of fused-ring (bicyclic) bond motifs is 1. The zero-order chi connectivity index (χ0) is 10.1. The van der Waals surface area contributed by atoms with E-state index in [4.69, 9.17) is 4.74 Å². The molecule has 0 saturated heterocycles. The number of hydrogen-bond acceptors (Lipinski definition) is 4. The number of aliphatic imine (C=N–C) groups is 1. The van der Waals surface area contributed by atoms with Crippen LogP contribution in [0.5, 0.6) is 0 Å². The predicted octanol–water partition coefficient (Wildman–Crippen LogP) is 1.73. The third kappa shape index (κ3) is 1.21. The van der Waals surface area contributed by atoms with Crippen LogP contribution in [0.25, 0.3) is 4.96 Å². The van der Waals surface area contributed by atoms with Crippen molar-refractivity contribution < 1.29 is 4.74 Å². The lowest BCUT2D eigenvalue weighted by Gasteiger charge is -2.01. The molecule has 0 aliphatic rings. The molecule has 14 heavy (non-hydrogen) atoms. The summed E-state index contributed by atoms with van der Waals surface area (Å²) in [6.45, 7) is 2.03. The van der Waals surface area contributed by atoms with Gasteiger partial charge in [0.15, 0.2) is 4.96 Å². The second-order valence-electron chi connectivity index (χ2n) is 2.83. The molecule has 0 fully saturated rings. The Hall–Kier alpha value is -1.36.